The van der Waals surface area contributed by atoms with Gasteiger partial charge in [0.1, 0.15) is 11.6 Å². The highest BCUT2D eigenvalue weighted by Crippen LogP contribution is 2.24. The molecule has 0 saturated heterocycles. The van der Waals surface area contributed by atoms with Crippen LogP contribution in [0.25, 0.3) is 0 Å². The van der Waals surface area contributed by atoms with Gasteiger partial charge in [-0.25, -0.2) is 25.6 Å². The van der Waals surface area contributed by atoms with Crippen LogP contribution in [0.4, 0.5) is 33.3 Å². The molecule has 0 aliphatic carbocycles. The van der Waals surface area contributed by atoms with Gasteiger partial charge in [0.25, 0.3) is 0 Å². The normalized spacial score (nSPS) is 11.6. The van der Waals surface area contributed by atoms with Crippen molar-refractivity contribution in [2.75, 3.05) is 34.2 Å². The van der Waals surface area contributed by atoms with Gasteiger partial charge in [-0.3, -0.25) is 23.0 Å². The van der Waals surface area contributed by atoms with Crippen LogP contribution in [0.15, 0.2) is 84.9 Å². The smallest absolute Gasteiger partial charge is 0.341 e. The minimum absolute atomic E-state index is 0.0446. The Morgan fingerprint density at radius 1 is 0.648 bits per heavy atom. The molecule has 4 rings (SSSR count). The molecule has 0 aliphatic heterocycles. The number of aryl methyl sites for hydroxylation is 2. The standard InChI is InChI=1S/C19H18F4N2O4S.C17H19FN2O3S/c1-12-3-7-15(8-4-12)25(30(2,28)29)11-14-6-5-13(9-16(14)20)17(26)10-24-18(27)19(21,22)23;1-12-3-7-15(8-4-12)20(24(2,22)23)11-14-6-5-13(9-16(14)18)17(21)10-19/h3-9H,10-11H2,1-2H3,(H,24,27);3-9H,10-11,19H2,1-2H3. The lowest BCUT2D eigenvalue weighted by molar-refractivity contribution is -0.173. The monoisotopic (exact) mass is 796 g/mol. The molecule has 290 valence electrons. The first-order valence-electron chi connectivity index (χ1n) is 15.8. The summed E-state index contributed by atoms with van der Waals surface area (Å²) in [5, 5.41) is 1.41. The van der Waals surface area contributed by atoms with Gasteiger partial charge in [-0.15, -0.1) is 0 Å². The molecule has 1 amide bonds. The fourth-order valence-electron chi connectivity index (χ4n) is 4.71. The molecule has 11 nitrogen and oxygen atoms in total. The van der Waals surface area contributed by atoms with E-state index in [1.807, 2.05) is 13.8 Å². The molecular formula is C36H37F5N4O7S2. The van der Waals surface area contributed by atoms with E-state index < -0.39 is 56.1 Å². The third-order valence-electron chi connectivity index (χ3n) is 7.67. The number of rotatable bonds is 13. The van der Waals surface area contributed by atoms with Crippen LogP contribution in [0.3, 0.4) is 0 Å². The zero-order valence-corrected chi connectivity index (χ0v) is 31.1. The van der Waals surface area contributed by atoms with Crippen molar-refractivity contribution < 1.29 is 53.2 Å². The predicted octanol–water partition coefficient (Wildman–Crippen LogP) is 5.20. The van der Waals surface area contributed by atoms with Crippen molar-refractivity contribution in [2.45, 2.75) is 33.1 Å². The Hall–Kier alpha value is -5.20. The highest BCUT2D eigenvalue weighted by atomic mass is 32.2. The molecule has 0 spiro atoms. The Bertz CT molecular complexity index is 2220. The van der Waals surface area contributed by atoms with E-state index in [9.17, 15) is 53.2 Å². The molecule has 0 bridgehead atoms. The third kappa shape index (κ3) is 12.2. The number of alkyl halides is 3. The number of benzene rings is 4. The average molecular weight is 797 g/mol. The first-order valence-corrected chi connectivity index (χ1v) is 19.5. The SMILES string of the molecule is Cc1ccc(N(Cc2ccc(C(=O)CN)cc2F)S(C)(=O)=O)cc1.Cc1ccc(N(Cc2ccc(C(=O)CNC(=O)C(F)(F)F)cc2F)S(C)(=O)=O)cc1. The lowest BCUT2D eigenvalue weighted by Crippen LogP contribution is -2.39. The van der Waals surface area contributed by atoms with Crippen LogP contribution >= 0.6 is 0 Å². The quantitative estimate of drug-likeness (QED) is 0.138. The zero-order valence-electron chi connectivity index (χ0n) is 29.4. The number of nitrogens with one attached hydrogen (secondary N) is 1. The maximum Gasteiger partial charge on any atom is 0.471 e. The molecule has 54 heavy (non-hydrogen) atoms. The molecule has 4 aromatic carbocycles. The van der Waals surface area contributed by atoms with Gasteiger partial charge in [0, 0.05) is 22.3 Å². The number of nitrogens with zero attached hydrogens (tertiary/aromatic N) is 2. The first-order chi connectivity index (χ1) is 25.0. The number of amides is 1. The summed E-state index contributed by atoms with van der Waals surface area (Å²) in [5.41, 5.74) is 7.95. The van der Waals surface area contributed by atoms with Crippen molar-refractivity contribution in [3.63, 3.8) is 0 Å². The summed E-state index contributed by atoms with van der Waals surface area (Å²) in [6.07, 6.45) is -3.11. The topological polar surface area (TPSA) is 164 Å². The van der Waals surface area contributed by atoms with E-state index >= 15 is 0 Å². The molecule has 3 N–H and O–H groups in total. The van der Waals surface area contributed by atoms with Crippen LogP contribution in [0, 0.1) is 25.5 Å². The molecule has 0 heterocycles. The zero-order chi connectivity index (χ0) is 40.6. The number of carbonyl (C=O) groups excluding carboxylic acids is 3. The maximum absolute atomic E-state index is 14.5. The number of sulfonamides is 2. The highest BCUT2D eigenvalue weighted by Gasteiger charge is 2.38. The van der Waals surface area contributed by atoms with E-state index in [4.69, 9.17) is 5.73 Å². The van der Waals surface area contributed by atoms with Crippen LogP contribution in [0.5, 0.6) is 0 Å². The molecular weight excluding hydrogens is 760 g/mol. The van der Waals surface area contributed by atoms with Gasteiger partial charge >= 0.3 is 12.1 Å². The number of Topliss-reactive ketones (excluding diaryl/α,β-unsaturated/α-hetero) is 2. The van der Waals surface area contributed by atoms with Crippen molar-refractivity contribution in [3.8, 4) is 0 Å². The predicted molar refractivity (Wildman–Crippen MR) is 194 cm³/mol. The number of anilines is 2. The molecule has 0 saturated carbocycles. The maximum atomic E-state index is 14.5. The third-order valence-corrected chi connectivity index (χ3v) is 9.96. The van der Waals surface area contributed by atoms with Crippen LogP contribution in [0.1, 0.15) is 43.0 Å². The lowest BCUT2D eigenvalue weighted by atomic mass is 10.1. The van der Waals surface area contributed by atoms with E-state index in [1.54, 1.807) is 48.5 Å². The summed E-state index contributed by atoms with van der Waals surface area (Å²) in [7, 11) is -7.36. The Morgan fingerprint density at radius 2 is 1.02 bits per heavy atom. The second-order valence-corrected chi connectivity index (χ2v) is 15.9. The van der Waals surface area contributed by atoms with Crippen molar-refractivity contribution in [1.29, 1.82) is 0 Å². The van der Waals surface area contributed by atoms with Gasteiger partial charge in [-0.1, -0.05) is 59.7 Å². The number of halogens is 5. The second-order valence-electron chi connectivity index (χ2n) is 12.1. The van der Waals surface area contributed by atoms with Crippen LogP contribution in [-0.2, 0) is 37.9 Å². The average Bonchev–Trinajstić information content (AvgIpc) is 3.08. The van der Waals surface area contributed by atoms with Crippen LogP contribution in [0.2, 0.25) is 0 Å². The van der Waals surface area contributed by atoms with E-state index in [1.165, 1.54) is 23.5 Å². The minimum atomic E-state index is -5.14. The number of carbonyl (C=O) groups is 3. The molecule has 0 unspecified atom stereocenters. The van der Waals surface area contributed by atoms with E-state index in [-0.39, 0.29) is 47.7 Å². The van der Waals surface area contributed by atoms with Gasteiger partial charge in [0.2, 0.25) is 20.0 Å². The molecule has 0 radical (unpaired) electrons. The van der Waals surface area contributed by atoms with Crippen molar-refractivity contribution in [1.82, 2.24) is 5.32 Å². The van der Waals surface area contributed by atoms with Crippen molar-refractivity contribution in [3.05, 3.63) is 130 Å². The number of hydrogen-bond acceptors (Lipinski definition) is 8. The minimum Gasteiger partial charge on any atom is -0.341 e. The molecule has 4 aromatic rings. The number of nitrogens with two attached hydrogens (primary N) is 1. The van der Waals surface area contributed by atoms with Crippen LogP contribution in [-0.4, -0.2) is 66.1 Å². The second kappa shape index (κ2) is 17.7. The van der Waals surface area contributed by atoms with Gasteiger partial charge in [-0.05, 0) is 50.2 Å². The molecule has 18 heteroatoms. The summed E-state index contributed by atoms with van der Waals surface area (Å²) in [4.78, 5) is 34.2. The lowest BCUT2D eigenvalue weighted by Gasteiger charge is -2.23. The van der Waals surface area contributed by atoms with Gasteiger partial charge in [0.05, 0.1) is 50.1 Å². The van der Waals surface area contributed by atoms with Crippen molar-refractivity contribution in [2.24, 2.45) is 5.73 Å². The Balaban J connectivity index is 0.000000297. The molecule has 0 atom stereocenters. The summed E-state index contributed by atoms with van der Waals surface area (Å²) in [5.74, 6) is -5.15. The summed E-state index contributed by atoms with van der Waals surface area (Å²) >= 11 is 0. The Morgan fingerprint density at radius 3 is 1.33 bits per heavy atom. The number of hydrogen-bond donors (Lipinski definition) is 2. The molecule has 0 aromatic heterocycles. The highest BCUT2D eigenvalue weighted by molar-refractivity contribution is 7.92. The summed E-state index contributed by atoms with van der Waals surface area (Å²) in [6.45, 7) is 2.02. The Labute approximate surface area is 309 Å². The van der Waals surface area contributed by atoms with Gasteiger partial charge < -0.3 is 11.1 Å². The molecule has 0 aliphatic rings. The van der Waals surface area contributed by atoms with Gasteiger partial charge in [0.15, 0.2) is 11.6 Å². The van der Waals surface area contributed by atoms with Gasteiger partial charge in [-0.2, -0.15) is 13.2 Å². The summed E-state index contributed by atoms with van der Waals surface area (Å²) < 4.78 is 116. The first kappa shape index (κ1) is 43.2. The van der Waals surface area contributed by atoms with E-state index in [0.29, 0.717) is 11.4 Å². The van der Waals surface area contributed by atoms with E-state index in [0.717, 1.165) is 50.4 Å². The molecule has 0 fully saturated rings. The fourth-order valence-corrected chi connectivity index (χ4v) is 6.47. The van der Waals surface area contributed by atoms with E-state index in [2.05, 4.69) is 0 Å². The number of ketones is 2. The summed E-state index contributed by atoms with van der Waals surface area (Å²) in [6, 6.07) is 20.5. The largest absolute Gasteiger partial charge is 0.471 e. The van der Waals surface area contributed by atoms with Crippen molar-refractivity contribution >= 4 is 48.9 Å². The fraction of sp³-hybridized carbons (Fsp3) is 0.250. The Kier molecular flexibility index (Phi) is 14.2. The van der Waals surface area contributed by atoms with Crippen LogP contribution < -0.4 is 19.7 Å².